The summed E-state index contributed by atoms with van der Waals surface area (Å²) < 4.78 is 13.4. The highest BCUT2D eigenvalue weighted by atomic mass is 19.1. The Labute approximate surface area is 100 Å². The van der Waals surface area contributed by atoms with Crippen molar-refractivity contribution in [1.82, 2.24) is 5.32 Å². The van der Waals surface area contributed by atoms with E-state index in [0.717, 1.165) is 12.8 Å². The van der Waals surface area contributed by atoms with Crippen LogP contribution in [0.5, 0.6) is 0 Å². The molecule has 17 heavy (non-hydrogen) atoms. The summed E-state index contributed by atoms with van der Waals surface area (Å²) in [5, 5.41) is 2.83. The van der Waals surface area contributed by atoms with Gasteiger partial charge in [-0.3, -0.25) is 4.79 Å². The highest BCUT2D eigenvalue weighted by Gasteiger charge is 2.46. The summed E-state index contributed by atoms with van der Waals surface area (Å²) in [6.45, 7) is 1.86. The summed E-state index contributed by atoms with van der Waals surface area (Å²) in [6, 6.07) is 6.49. The summed E-state index contributed by atoms with van der Waals surface area (Å²) in [7, 11) is 0. The lowest BCUT2D eigenvalue weighted by Crippen LogP contribution is -2.46. The van der Waals surface area contributed by atoms with Crippen LogP contribution in [0.3, 0.4) is 0 Å². The predicted molar refractivity (Wildman–Crippen MR) is 63.9 cm³/mol. The van der Waals surface area contributed by atoms with E-state index in [2.05, 4.69) is 5.32 Å². The van der Waals surface area contributed by atoms with Gasteiger partial charge in [0.2, 0.25) is 5.91 Å². The molecule has 4 heteroatoms. The average molecular weight is 236 g/mol. The fourth-order valence-electron chi connectivity index (χ4n) is 1.77. The van der Waals surface area contributed by atoms with Crippen LogP contribution in [0.1, 0.15) is 25.3 Å². The number of hydrogen-bond donors (Lipinski definition) is 2. The van der Waals surface area contributed by atoms with E-state index in [1.54, 1.807) is 18.2 Å². The first-order chi connectivity index (χ1) is 8.01. The van der Waals surface area contributed by atoms with E-state index < -0.39 is 5.54 Å². The number of amides is 1. The molecule has 2 rings (SSSR count). The molecule has 1 aliphatic rings. The molecule has 0 aromatic heterocycles. The van der Waals surface area contributed by atoms with Gasteiger partial charge in [-0.15, -0.1) is 0 Å². The topological polar surface area (TPSA) is 55.1 Å². The van der Waals surface area contributed by atoms with Crippen LogP contribution in [0.4, 0.5) is 4.39 Å². The maximum Gasteiger partial charge on any atom is 0.240 e. The van der Waals surface area contributed by atoms with Crippen LogP contribution >= 0.6 is 0 Å². The number of benzene rings is 1. The normalized spacial score (nSPS) is 18.5. The predicted octanol–water partition coefficient (Wildman–Crippen LogP) is 1.36. The number of carbonyl (C=O) groups excluding carboxylic acids is 1. The van der Waals surface area contributed by atoms with Crippen LogP contribution in [-0.4, -0.2) is 17.5 Å². The van der Waals surface area contributed by atoms with Gasteiger partial charge < -0.3 is 11.1 Å². The third kappa shape index (κ3) is 2.82. The summed E-state index contributed by atoms with van der Waals surface area (Å²) in [6.07, 6.45) is 1.96. The zero-order valence-corrected chi connectivity index (χ0v) is 9.87. The molecule has 0 saturated heterocycles. The second-order valence-corrected chi connectivity index (χ2v) is 4.83. The smallest absolute Gasteiger partial charge is 0.240 e. The Morgan fingerprint density at radius 3 is 2.76 bits per heavy atom. The zero-order chi connectivity index (χ0) is 12.5. The van der Waals surface area contributed by atoms with Crippen molar-refractivity contribution in [3.63, 3.8) is 0 Å². The molecule has 1 fully saturated rings. The summed E-state index contributed by atoms with van der Waals surface area (Å²) >= 11 is 0. The van der Waals surface area contributed by atoms with Gasteiger partial charge in [-0.2, -0.15) is 0 Å². The Bertz CT molecular complexity index is 429. The van der Waals surface area contributed by atoms with Gasteiger partial charge in [0.15, 0.2) is 0 Å². The molecule has 3 N–H and O–H groups in total. The Morgan fingerprint density at radius 2 is 2.18 bits per heavy atom. The number of hydrogen-bond acceptors (Lipinski definition) is 2. The van der Waals surface area contributed by atoms with Crippen molar-refractivity contribution in [3.8, 4) is 0 Å². The quantitative estimate of drug-likeness (QED) is 0.829. The van der Waals surface area contributed by atoms with Gasteiger partial charge in [-0.1, -0.05) is 18.2 Å². The second kappa shape index (κ2) is 4.45. The monoisotopic (exact) mass is 236 g/mol. The van der Waals surface area contributed by atoms with Crippen molar-refractivity contribution in [2.75, 3.05) is 0 Å². The Morgan fingerprint density at radius 1 is 1.53 bits per heavy atom. The maximum atomic E-state index is 13.4. The van der Waals surface area contributed by atoms with Crippen molar-refractivity contribution in [3.05, 3.63) is 35.6 Å². The van der Waals surface area contributed by atoms with Crippen molar-refractivity contribution in [1.29, 1.82) is 0 Å². The third-order valence-electron chi connectivity index (χ3n) is 3.10. The van der Waals surface area contributed by atoms with Gasteiger partial charge in [-0.25, -0.2) is 4.39 Å². The number of halogens is 1. The molecule has 1 amide bonds. The minimum atomic E-state index is -0.663. The van der Waals surface area contributed by atoms with Crippen LogP contribution in [0.25, 0.3) is 0 Å². The number of nitrogens with two attached hydrogens (primary N) is 1. The molecule has 0 radical (unpaired) electrons. The molecule has 1 aromatic rings. The molecular formula is C13H17FN2O. The van der Waals surface area contributed by atoms with Crippen LogP contribution in [0.15, 0.2) is 24.3 Å². The maximum absolute atomic E-state index is 13.4. The van der Waals surface area contributed by atoms with Crippen molar-refractivity contribution in [2.45, 2.75) is 37.8 Å². The molecule has 92 valence electrons. The molecule has 1 aliphatic carbocycles. The average Bonchev–Trinajstić information content (AvgIpc) is 3.01. The van der Waals surface area contributed by atoms with Crippen molar-refractivity contribution < 1.29 is 9.18 Å². The minimum Gasteiger partial charge on any atom is -0.352 e. The van der Waals surface area contributed by atoms with E-state index in [-0.39, 0.29) is 17.8 Å². The van der Waals surface area contributed by atoms with Gasteiger partial charge in [0, 0.05) is 6.04 Å². The first-order valence-electron chi connectivity index (χ1n) is 5.84. The lowest BCUT2D eigenvalue weighted by atomic mass is 10.1. The molecule has 1 atom stereocenters. The Kier molecular flexibility index (Phi) is 3.15. The van der Waals surface area contributed by atoms with Crippen molar-refractivity contribution >= 4 is 5.91 Å². The van der Waals surface area contributed by atoms with E-state index >= 15 is 0 Å². The van der Waals surface area contributed by atoms with Crippen molar-refractivity contribution in [2.24, 2.45) is 5.73 Å². The first kappa shape index (κ1) is 12.0. The number of carbonyl (C=O) groups is 1. The van der Waals surface area contributed by atoms with Gasteiger partial charge in [0.1, 0.15) is 5.82 Å². The van der Waals surface area contributed by atoms with E-state index in [9.17, 15) is 9.18 Å². The standard InChI is InChI=1S/C13H17FN2O/c1-9(16-12(17)13(15)6-7-13)8-10-4-2-3-5-11(10)14/h2-5,9H,6-8,15H2,1H3,(H,16,17). The zero-order valence-electron chi connectivity index (χ0n) is 9.87. The van der Waals surface area contributed by atoms with Crippen LogP contribution in [0, 0.1) is 5.82 Å². The molecular weight excluding hydrogens is 219 g/mol. The summed E-state index contributed by atoms with van der Waals surface area (Å²) in [4.78, 5) is 11.7. The molecule has 0 bridgehead atoms. The fourth-order valence-corrected chi connectivity index (χ4v) is 1.77. The molecule has 3 nitrogen and oxygen atoms in total. The summed E-state index contributed by atoms with van der Waals surface area (Å²) in [5.74, 6) is -0.358. The number of nitrogens with one attached hydrogen (secondary N) is 1. The van der Waals surface area contributed by atoms with Crippen LogP contribution < -0.4 is 11.1 Å². The Balaban J connectivity index is 1.91. The molecule has 1 unspecified atom stereocenters. The minimum absolute atomic E-state index is 0.111. The van der Waals surface area contributed by atoms with Gasteiger partial charge in [-0.05, 0) is 37.8 Å². The Hall–Kier alpha value is -1.42. The van der Waals surface area contributed by atoms with Gasteiger partial charge >= 0.3 is 0 Å². The SMILES string of the molecule is CC(Cc1ccccc1F)NC(=O)C1(N)CC1. The van der Waals surface area contributed by atoms with E-state index in [4.69, 9.17) is 5.73 Å². The molecule has 0 aliphatic heterocycles. The van der Waals surface area contributed by atoms with E-state index in [0.29, 0.717) is 12.0 Å². The van der Waals surface area contributed by atoms with E-state index in [1.165, 1.54) is 6.07 Å². The fraction of sp³-hybridized carbons (Fsp3) is 0.462. The molecule has 0 heterocycles. The highest BCUT2D eigenvalue weighted by Crippen LogP contribution is 2.32. The largest absolute Gasteiger partial charge is 0.352 e. The van der Waals surface area contributed by atoms with Gasteiger partial charge in [0.05, 0.1) is 5.54 Å². The number of rotatable bonds is 4. The lowest BCUT2D eigenvalue weighted by molar-refractivity contribution is -0.123. The lowest BCUT2D eigenvalue weighted by Gasteiger charge is -2.17. The molecule has 0 spiro atoms. The molecule has 1 saturated carbocycles. The van der Waals surface area contributed by atoms with Crippen LogP contribution in [0.2, 0.25) is 0 Å². The van der Waals surface area contributed by atoms with Crippen LogP contribution in [-0.2, 0) is 11.2 Å². The van der Waals surface area contributed by atoms with Gasteiger partial charge in [0.25, 0.3) is 0 Å². The highest BCUT2D eigenvalue weighted by molar-refractivity contribution is 5.89. The molecule has 1 aromatic carbocycles. The van der Waals surface area contributed by atoms with E-state index in [1.807, 2.05) is 6.92 Å². The second-order valence-electron chi connectivity index (χ2n) is 4.83. The third-order valence-corrected chi connectivity index (χ3v) is 3.10. The summed E-state index contributed by atoms with van der Waals surface area (Å²) in [5.41, 5.74) is 5.73. The first-order valence-corrected chi connectivity index (χ1v) is 5.84.